The predicted molar refractivity (Wildman–Crippen MR) is 59.1 cm³/mol. The molecule has 88 valence electrons. The summed E-state index contributed by atoms with van der Waals surface area (Å²) in [4.78, 5) is 2.48. The van der Waals surface area contributed by atoms with Crippen LogP contribution in [0.15, 0.2) is 0 Å². The summed E-state index contributed by atoms with van der Waals surface area (Å²) in [6, 6.07) is 0.497. The molecule has 15 heavy (non-hydrogen) atoms. The minimum atomic E-state index is 0.359. The lowest BCUT2D eigenvalue weighted by molar-refractivity contribution is -0.0735. The molecule has 0 amide bonds. The van der Waals surface area contributed by atoms with Gasteiger partial charge in [0.2, 0.25) is 0 Å². The van der Waals surface area contributed by atoms with Gasteiger partial charge in [-0.05, 0) is 13.8 Å². The molecular weight excluding hydrogens is 192 g/mol. The third-order valence-corrected chi connectivity index (χ3v) is 2.97. The van der Waals surface area contributed by atoms with Gasteiger partial charge >= 0.3 is 0 Å². The molecule has 0 radical (unpaired) electrons. The number of morpholine rings is 2. The van der Waals surface area contributed by atoms with Gasteiger partial charge in [0.1, 0.15) is 0 Å². The van der Waals surface area contributed by atoms with Crippen LogP contribution in [0.4, 0.5) is 0 Å². The van der Waals surface area contributed by atoms with E-state index in [-0.39, 0.29) is 0 Å². The van der Waals surface area contributed by atoms with Gasteiger partial charge in [-0.1, -0.05) is 0 Å². The van der Waals surface area contributed by atoms with E-state index in [2.05, 4.69) is 24.1 Å². The Labute approximate surface area is 91.9 Å². The molecule has 4 heteroatoms. The maximum Gasteiger partial charge on any atom is 0.0678 e. The van der Waals surface area contributed by atoms with Crippen LogP contribution in [0.3, 0.4) is 0 Å². The van der Waals surface area contributed by atoms with Crippen molar-refractivity contribution < 1.29 is 9.47 Å². The number of hydrogen-bond acceptors (Lipinski definition) is 4. The van der Waals surface area contributed by atoms with Crippen molar-refractivity contribution >= 4 is 0 Å². The first-order valence-corrected chi connectivity index (χ1v) is 5.93. The smallest absolute Gasteiger partial charge is 0.0678 e. The zero-order valence-corrected chi connectivity index (χ0v) is 9.74. The van der Waals surface area contributed by atoms with Gasteiger partial charge in [0.05, 0.1) is 25.4 Å². The molecular formula is C11H22N2O2. The van der Waals surface area contributed by atoms with Gasteiger partial charge in [-0.3, -0.25) is 4.90 Å². The molecule has 0 saturated carbocycles. The van der Waals surface area contributed by atoms with E-state index in [1.54, 1.807) is 0 Å². The Kier molecular flexibility index (Phi) is 3.97. The predicted octanol–water partition coefficient (Wildman–Crippen LogP) is 0.0840. The second-order valence-corrected chi connectivity index (χ2v) is 4.70. The molecule has 2 heterocycles. The van der Waals surface area contributed by atoms with Crippen LogP contribution in [-0.4, -0.2) is 62.5 Å². The van der Waals surface area contributed by atoms with Crippen LogP contribution in [0.5, 0.6) is 0 Å². The fraction of sp³-hybridized carbons (Fsp3) is 1.00. The lowest BCUT2D eigenvalue weighted by Gasteiger charge is -2.38. The van der Waals surface area contributed by atoms with Crippen molar-refractivity contribution in [2.45, 2.75) is 32.1 Å². The second kappa shape index (κ2) is 5.25. The van der Waals surface area contributed by atoms with E-state index in [9.17, 15) is 0 Å². The third kappa shape index (κ3) is 3.41. The minimum absolute atomic E-state index is 0.359. The Balaban J connectivity index is 1.77. The third-order valence-electron chi connectivity index (χ3n) is 2.97. The van der Waals surface area contributed by atoms with E-state index >= 15 is 0 Å². The molecule has 0 aromatic heterocycles. The van der Waals surface area contributed by atoms with Gasteiger partial charge in [0, 0.05) is 32.2 Å². The van der Waals surface area contributed by atoms with E-state index in [4.69, 9.17) is 9.47 Å². The summed E-state index contributed by atoms with van der Waals surface area (Å²) >= 11 is 0. The fourth-order valence-corrected chi connectivity index (χ4v) is 2.48. The summed E-state index contributed by atoms with van der Waals surface area (Å²) in [6.07, 6.45) is 0.719. The lowest BCUT2D eigenvalue weighted by Crippen LogP contribution is -2.53. The molecule has 0 aliphatic carbocycles. The Morgan fingerprint density at radius 2 is 2.00 bits per heavy atom. The maximum absolute atomic E-state index is 5.71. The van der Waals surface area contributed by atoms with Gasteiger partial charge in [-0.2, -0.15) is 0 Å². The molecule has 2 rings (SSSR count). The van der Waals surface area contributed by atoms with Crippen molar-refractivity contribution in [1.29, 1.82) is 0 Å². The van der Waals surface area contributed by atoms with Crippen LogP contribution in [0.1, 0.15) is 13.8 Å². The first-order chi connectivity index (χ1) is 7.24. The molecule has 1 N–H and O–H groups in total. The summed E-state index contributed by atoms with van der Waals surface area (Å²) in [5, 5.41) is 3.49. The van der Waals surface area contributed by atoms with Crippen molar-refractivity contribution in [1.82, 2.24) is 10.2 Å². The highest BCUT2D eigenvalue weighted by molar-refractivity contribution is 4.79. The second-order valence-electron chi connectivity index (χ2n) is 4.70. The maximum atomic E-state index is 5.71. The van der Waals surface area contributed by atoms with Gasteiger partial charge < -0.3 is 14.8 Å². The standard InChI is InChI=1S/C11H22N2O2/c1-9-5-13(6-10(2)15-9)7-11-8-14-4-3-12-11/h9-12H,3-8H2,1-2H3. The molecule has 4 nitrogen and oxygen atoms in total. The number of hydrogen-bond donors (Lipinski definition) is 1. The number of nitrogens with one attached hydrogen (secondary N) is 1. The van der Waals surface area contributed by atoms with E-state index in [0.717, 1.165) is 39.4 Å². The van der Waals surface area contributed by atoms with Crippen LogP contribution in [0.2, 0.25) is 0 Å². The average Bonchev–Trinajstić information content (AvgIpc) is 2.17. The van der Waals surface area contributed by atoms with Crippen molar-refractivity contribution in [3.63, 3.8) is 0 Å². The molecule has 0 aromatic carbocycles. The van der Waals surface area contributed by atoms with Crippen molar-refractivity contribution in [3.05, 3.63) is 0 Å². The molecule has 3 unspecified atom stereocenters. The molecule has 2 aliphatic rings. The van der Waals surface area contributed by atoms with Gasteiger partial charge in [0.15, 0.2) is 0 Å². The molecule has 2 fully saturated rings. The van der Waals surface area contributed by atoms with Gasteiger partial charge in [-0.15, -0.1) is 0 Å². The summed E-state index contributed by atoms with van der Waals surface area (Å²) in [5.41, 5.74) is 0. The molecule has 2 aliphatic heterocycles. The zero-order valence-electron chi connectivity index (χ0n) is 9.74. The summed E-state index contributed by atoms with van der Waals surface area (Å²) in [7, 11) is 0. The first-order valence-electron chi connectivity index (χ1n) is 5.93. The summed E-state index contributed by atoms with van der Waals surface area (Å²) in [6.45, 7) is 10.1. The van der Waals surface area contributed by atoms with Crippen LogP contribution in [0, 0.1) is 0 Å². The molecule has 0 bridgehead atoms. The van der Waals surface area contributed by atoms with Crippen molar-refractivity contribution in [2.24, 2.45) is 0 Å². The Morgan fingerprint density at radius 3 is 2.60 bits per heavy atom. The SMILES string of the molecule is CC1CN(CC2COCCN2)CC(C)O1. The highest BCUT2D eigenvalue weighted by atomic mass is 16.5. The van der Waals surface area contributed by atoms with Gasteiger partial charge in [0.25, 0.3) is 0 Å². The fourth-order valence-electron chi connectivity index (χ4n) is 2.48. The first kappa shape index (κ1) is 11.3. The van der Waals surface area contributed by atoms with Crippen LogP contribution in [0.25, 0.3) is 0 Å². The number of ether oxygens (including phenoxy) is 2. The highest BCUT2D eigenvalue weighted by Gasteiger charge is 2.25. The average molecular weight is 214 g/mol. The van der Waals surface area contributed by atoms with E-state index in [1.807, 2.05) is 0 Å². The Hall–Kier alpha value is -0.160. The monoisotopic (exact) mass is 214 g/mol. The van der Waals surface area contributed by atoms with E-state index in [0.29, 0.717) is 18.2 Å². The zero-order chi connectivity index (χ0) is 10.7. The van der Waals surface area contributed by atoms with Crippen LogP contribution >= 0.6 is 0 Å². The topological polar surface area (TPSA) is 33.7 Å². The van der Waals surface area contributed by atoms with Crippen LogP contribution in [-0.2, 0) is 9.47 Å². The molecule has 2 saturated heterocycles. The normalized spacial score (nSPS) is 39.2. The number of rotatable bonds is 2. The highest BCUT2D eigenvalue weighted by Crippen LogP contribution is 2.11. The van der Waals surface area contributed by atoms with Crippen molar-refractivity contribution in [2.75, 3.05) is 39.4 Å². The quantitative estimate of drug-likeness (QED) is 0.706. The summed E-state index contributed by atoms with van der Waals surface area (Å²) < 4.78 is 11.2. The van der Waals surface area contributed by atoms with E-state index < -0.39 is 0 Å². The molecule has 0 aromatic rings. The van der Waals surface area contributed by atoms with Gasteiger partial charge in [-0.25, -0.2) is 0 Å². The Morgan fingerprint density at radius 1 is 1.27 bits per heavy atom. The van der Waals surface area contributed by atoms with Crippen molar-refractivity contribution in [3.8, 4) is 0 Å². The Bertz CT molecular complexity index is 185. The number of nitrogens with zero attached hydrogens (tertiary/aromatic N) is 1. The lowest BCUT2D eigenvalue weighted by atomic mass is 10.2. The van der Waals surface area contributed by atoms with Crippen LogP contribution < -0.4 is 5.32 Å². The minimum Gasteiger partial charge on any atom is -0.378 e. The molecule has 3 atom stereocenters. The molecule has 0 spiro atoms. The van der Waals surface area contributed by atoms with E-state index in [1.165, 1.54) is 0 Å². The largest absolute Gasteiger partial charge is 0.378 e. The summed E-state index contributed by atoms with van der Waals surface area (Å²) in [5.74, 6) is 0.